The van der Waals surface area contributed by atoms with Crippen molar-refractivity contribution in [1.82, 2.24) is 5.32 Å². The Hall–Kier alpha value is -2.53. The first kappa shape index (κ1) is 17.8. The molecular formula is C18H19ClN2O3. The lowest BCUT2D eigenvalue weighted by atomic mass is 10.1. The zero-order valence-electron chi connectivity index (χ0n) is 13.5. The number of ether oxygens (including phenoxy) is 1. The highest BCUT2D eigenvalue weighted by Crippen LogP contribution is 2.19. The van der Waals surface area contributed by atoms with E-state index in [1.807, 2.05) is 6.92 Å². The molecule has 0 saturated carbocycles. The van der Waals surface area contributed by atoms with Gasteiger partial charge in [-0.3, -0.25) is 9.59 Å². The largest absolute Gasteiger partial charge is 0.481 e. The van der Waals surface area contributed by atoms with Crippen molar-refractivity contribution in [1.29, 1.82) is 0 Å². The number of anilines is 1. The van der Waals surface area contributed by atoms with E-state index >= 15 is 0 Å². The van der Waals surface area contributed by atoms with E-state index in [4.69, 9.17) is 16.3 Å². The summed E-state index contributed by atoms with van der Waals surface area (Å²) in [6, 6.07) is 13.6. The van der Waals surface area contributed by atoms with Crippen LogP contribution in [0.4, 0.5) is 5.69 Å². The van der Waals surface area contributed by atoms with Gasteiger partial charge in [-0.2, -0.15) is 0 Å². The molecule has 0 spiro atoms. The van der Waals surface area contributed by atoms with E-state index in [-0.39, 0.29) is 11.8 Å². The Labute approximate surface area is 146 Å². The summed E-state index contributed by atoms with van der Waals surface area (Å²) in [5.74, 6) is -0.0413. The SMILES string of the molecule is CCNC(=O)c1ccccc1NC(=O)[C@@H](C)Oc1ccc(Cl)cc1. The third kappa shape index (κ3) is 4.73. The first-order valence-electron chi connectivity index (χ1n) is 7.61. The number of nitrogens with one attached hydrogen (secondary N) is 2. The van der Waals surface area contributed by atoms with E-state index < -0.39 is 6.10 Å². The number of benzene rings is 2. The van der Waals surface area contributed by atoms with E-state index in [9.17, 15) is 9.59 Å². The highest BCUT2D eigenvalue weighted by Gasteiger charge is 2.18. The van der Waals surface area contributed by atoms with Gasteiger partial charge in [-0.1, -0.05) is 23.7 Å². The molecule has 2 N–H and O–H groups in total. The van der Waals surface area contributed by atoms with Crippen LogP contribution in [0, 0.1) is 0 Å². The second-order valence-corrected chi connectivity index (χ2v) is 5.54. The van der Waals surface area contributed by atoms with Gasteiger partial charge < -0.3 is 15.4 Å². The lowest BCUT2D eigenvalue weighted by Gasteiger charge is -2.16. The Balaban J connectivity index is 2.06. The summed E-state index contributed by atoms with van der Waals surface area (Å²) in [4.78, 5) is 24.4. The average molecular weight is 347 g/mol. The Bertz CT molecular complexity index is 716. The van der Waals surface area contributed by atoms with Crippen LogP contribution in [0.15, 0.2) is 48.5 Å². The topological polar surface area (TPSA) is 67.4 Å². The summed E-state index contributed by atoms with van der Waals surface area (Å²) in [5, 5.41) is 6.04. The summed E-state index contributed by atoms with van der Waals surface area (Å²) in [7, 11) is 0. The van der Waals surface area contributed by atoms with Crippen molar-refractivity contribution < 1.29 is 14.3 Å². The Morgan fingerprint density at radius 2 is 1.79 bits per heavy atom. The van der Waals surface area contributed by atoms with Gasteiger partial charge in [0.2, 0.25) is 0 Å². The van der Waals surface area contributed by atoms with Crippen LogP contribution < -0.4 is 15.4 Å². The third-order valence-electron chi connectivity index (χ3n) is 3.26. The predicted molar refractivity (Wildman–Crippen MR) is 94.6 cm³/mol. The molecule has 2 amide bonds. The molecular weight excluding hydrogens is 328 g/mol. The van der Waals surface area contributed by atoms with Crippen molar-refractivity contribution in [3.8, 4) is 5.75 Å². The van der Waals surface area contributed by atoms with Crippen molar-refractivity contribution in [2.45, 2.75) is 20.0 Å². The second-order valence-electron chi connectivity index (χ2n) is 5.11. The molecule has 1 atom stereocenters. The molecule has 0 aliphatic rings. The minimum absolute atomic E-state index is 0.236. The van der Waals surface area contributed by atoms with Crippen molar-refractivity contribution >= 4 is 29.1 Å². The van der Waals surface area contributed by atoms with Crippen molar-refractivity contribution in [3.05, 3.63) is 59.1 Å². The third-order valence-corrected chi connectivity index (χ3v) is 3.51. The van der Waals surface area contributed by atoms with E-state index in [2.05, 4.69) is 10.6 Å². The minimum atomic E-state index is -0.728. The summed E-state index contributed by atoms with van der Waals surface area (Å²) in [6.07, 6.45) is -0.728. The molecule has 0 radical (unpaired) electrons. The molecule has 24 heavy (non-hydrogen) atoms. The number of amides is 2. The normalized spacial score (nSPS) is 11.5. The molecule has 0 bridgehead atoms. The molecule has 6 heteroatoms. The monoisotopic (exact) mass is 346 g/mol. The molecule has 0 aliphatic carbocycles. The van der Waals surface area contributed by atoms with Gasteiger partial charge in [0.05, 0.1) is 11.3 Å². The molecule has 5 nitrogen and oxygen atoms in total. The summed E-state index contributed by atoms with van der Waals surface area (Å²) in [5.41, 5.74) is 0.853. The molecule has 2 rings (SSSR count). The fourth-order valence-electron chi connectivity index (χ4n) is 2.05. The van der Waals surface area contributed by atoms with E-state index in [0.29, 0.717) is 28.6 Å². The fourth-order valence-corrected chi connectivity index (χ4v) is 2.18. The zero-order valence-corrected chi connectivity index (χ0v) is 14.3. The molecule has 0 fully saturated rings. The van der Waals surface area contributed by atoms with E-state index in [0.717, 1.165) is 0 Å². The number of carbonyl (C=O) groups is 2. The highest BCUT2D eigenvalue weighted by molar-refractivity contribution is 6.30. The predicted octanol–water partition coefficient (Wildman–Crippen LogP) is 3.50. The smallest absolute Gasteiger partial charge is 0.265 e. The van der Waals surface area contributed by atoms with Crippen molar-refractivity contribution in [3.63, 3.8) is 0 Å². The van der Waals surface area contributed by atoms with E-state index in [1.165, 1.54) is 0 Å². The van der Waals surface area contributed by atoms with Gasteiger partial charge in [-0.25, -0.2) is 0 Å². The van der Waals surface area contributed by atoms with Crippen LogP contribution in [-0.2, 0) is 4.79 Å². The number of hydrogen-bond acceptors (Lipinski definition) is 3. The number of rotatable bonds is 6. The summed E-state index contributed by atoms with van der Waals surface area (Å²) < 4.78 is 5.58. The van der Waals surface area contributed by atoms with Crippen LogP contribution in [0.2, 0.25) is 5.02 Å². The maximum Gasteiger partial charge on any atom is 0.265 e. The first-order valence-corrected chi connectivity index (χ1v) is 7.99. The molecule has 0 saturated heterocycles. The van der Waals surface area contributed by atoms with Gasteiger partial charge >= 0.3 is 0 Å². The number of halogens is 1. The number of hydrogen-bond donors (Lipinski definition) is 2. The van der Waals surface area contributed by atoms with E-state index in [1.54, 1.807) is 55.5 Å². The van der Waals surface area contributed by atoms with Crippen LogP contribution in [0.3, 0.4) is 0 Å². The zero-order chi connectivity index (χ0) is 17.5. The molecule has 2 aromatic rings. The highest BCUT2D eigenvalue weighted by atomic mass is 35.5. The maximum atomic E-state index is 12.3. The molecule has 0 aliphatic heterocycles. The van der Waals surface area contributed by atoms with Crippen LogP contribution in [0.25, 0.3) is 0 Å². The molecule has 0 aromatic heterocycles. The van der Waals surface area contributed by atoms with Gasteiger partial charge in [-0.05, 0) is 50.2 Å². The van der Waals surface area contributed by atoms with Crippen LogP contribution in [-0.4, -0.2) is 24.5 Å². The standard InChI is InChI=1S/C18H19ClN2O3/c1-3-20-18(23)15-6-4-5-7-16(15)21-17(22)12(2)24-14-10-8-13(19)9-11-14/h4-12H,3H2,1-2H3,(H,20,23)(H,21,22)/t12-/m1/s1. The van der Waals surface area contributed by atoms with Crippen molar-refractivity contribution in [2.75, 3.05) is 11.9 Å². The average Bonchev–Trinajstić information content (AvgIpc) is 2.57. The van der Waals surface area contributed by atoms with Crippen LogP contribution >= 0.6 is 11.6 Å². The van der Waals surface area contributed by atoms with Crippen molar-refractivity contribution in [2.24, 2.45) is 0 Å². The summed E-state index contributed by atoms with van der Waals surface area (Å²) >= 11 is 5.82. The quantitative estimate of drug-likeness (QED) is 0.841. The van der Waals surface area contributed by atoms with Gasteiger partial charge in [0.1, 0.15) is 5.75 Å². The number of carbonyl (C=O) groups excluding carboxylic acids is 2. The van der Waals surface area contributed by atoms with Gasteiger partial charge in [-0.15, -0.1) is 0 Å². The van der Waals surface area contributed by atoms with Gasteiger partial charge in [0.15, 0.2) is 6.10 Å². The lowest BCUT2D eigenvalue weighted by Crippen LogP contribution is -2.31. The first-order chi connectivity index (χ1) is 11.5. The van der Waals surface area contributed by atoms with Crippen LogP contribution in [0.1, 0.15) is 24.2 Å². The van der Waals surface area contributed by atoms with Gasteiger partial charge in [0, 0.05) is 11.6 Å². The lowest BCUT2D eigenvalue weighted by molar-refractivity contribution is -0.122. The Morgan fingerprint density at radius 1 is 1.12 bits per heavy atom. The number of para-hydroxylation sites is 1. The maximum absolute atomic E-state index is 12.3. The molecule has 0 unspecified atom stereocenters. The molecule has 2 aromatic carbocycles. The molecule has 126 valence electrons. The summed E-state index contributed by atoms with van der Waals surface area (Å²) in [6.45, 7) is 3.98. The Kier molecular flexibility index (Phi) is 6.21. The van der Waals surface area contributed by atoms with Gasteiger partial charge in [0.25, 0.3) is 11.8 Å². The molecule has 0 heterocycles. The van der Waals surface area contributed by atoms with Crippen LogP contribution in [0.5, 0.6) is 5.75 Å². The minimum Gasteiger partial charge on any atom is -0.481 e. The fraction of sp³-hybridized carbons (Fsp3) is 0.222. The Morgan fingerprint density at radius 3 is 2.46 bits per heavy atom. The second kappa shape index (κ2) is 8.36.